The van der Waals surface area contributed by atoms with Gasteiger partial charge < -0.3 is 20.1 Å². The lowest BCUT2D eigenvalue weighted by atomic mass is 10.1. The van der Waals surface area contributed by atoms with E-state index in [2.05, 4.69) is 25.3 Å². The fourth-order valence-corrected chi connectivity index (χ4v) is 2.95. The quantitative estimate of drug-likeness (QED) is 0.626. The molecular weight excluding hydrogens is 342 g/mol. The minimum Gasteiger partial charge on any atom is -0.492 e. The fourth-order valence-electron chi connectivity index (χ4n) is 2.95. The number of methoxy groups -OCH3 is 1. The van der Waals surface area contributed by atoms with E-state index in [0.29, 0.717) is 18.2 Å². The molecule has 7 heteroatoms. The summed E-state index contributed by atoms with van der Waals surface area (Å²) in [5, 5.41) is 15.2. The van der Waals surface area contributed by atoms with E-state index < -0.39 is 0 Å². The molecule has 0 radical (unpaired) electrons. The number of ether oxygens (including phenoxy) is 1. The number of benzene rings is 2. The van der Waals surface area contributed by atoms with Gasteiger partial charge in [-0.1, -0.05) is 36.4 Å². The maximum atomic E-state index is 10.2. The van der Waals surface area contributed by atoms with E-state index in [1.807, 2.05) is 54.6 Å². The first-order chi connectivity index (χ1) is 13.2. The molecule has 0 unspecified atom stereocenters. The van der Waals surface area contributed by atoms with Crippen molar-refractivity contribution in [2.24, 2.45) is 9.98 Å². The van der Waals surface area contributed by atoms with Gasteiger partial charge in [0.2, 0.25) is 11.8 Å². The van der Waals surface area contributed by atoms with E-state index in [0.717, 1.165) is 21.8 Å². The normalized spacial score (nSPS) is 14.0. The van der Waals surface area contributed by atoms with Crippen LogP contribution in [0.4, 0.5) is 11.6 Å². The standard InChI is InChI=1S/C20H19N5O2/c1-27-11-18(14-5-3-2-4-6-14)24-20-23-17(19(26)25-20)10-13-7-8-15-16(9-13)22-12-21-15/h2-10,12,18,26H,11H2,1H3,(H2,23,24,25)/t18-/m0/s1. The summed E-state index contributed by atoms with van der Waals surface area (Å²) >= 11 is 0. The second-order valence-corrected chi connectivity index (χ2v) is 6.15. The number of imidazole rings is 1. The van der Waals surface area contributed by atoms with Crippen molar-refractivity contribution < 1.29 is 9.84 Å². The lowest BCUT2D eigenvalue weighted by Gasteiger charge is -2.17. The van der Waals surface area contributed by atoms with Gasteiger partial charge in [0.15, 0.2) is 0 Å². The van der Waals surface area contributed by atoms with E-state index in [4.69, 9.17) is 4.74 Å². The van der Waals surface area contributed by atoms with Crippen molar-refractivity contribution in [3.8, 4) is 5.88 Å². The molecule has 0 amide bonds. The van der Waals surface area contributed by atoms with Crippen LogP contribution in [0.2, 0.25) is 0 Å². The number of aromatic amines is 1. The average Bonchev–Trinajstić information content (AvgIpc) is 3.28. The second-order valence-electron chi connectivity index (χ2n) is 6.15. The van der Waals surface area contributed by atoms with Crippen LogP contribution < -0.4 is 15.9 Å². The second kappa shape index (κ2) is 7.43. The Hall–Kier alpha value is -3.45. The fraction of sp³-hybridized carbons (Fsp3) is 0.150. The van der Waals surface area contributed by atoms with Crippen LogP contribution >= 0.6 is 0 Å². The molecule has 2 aromatic carbocycles. The minimum absolute atomic E-state index is 0.0737. The van der Waals surface area contributed by atoms with E-state index in [1.165, 1.54) is 6.34 Å². The predicted octanol–water partition coefficient (Wildman–Crippen LogP) is 2.04. The molecule has 3 N–H and O–H groups in total. The Bertz CT molecular complexity index is 1090. The van der Waals surface area contributed by atoms with Crippen LogP contribution in [-0.4, -0.2) is 35.1 Å². The summed E-state index contributed by atoms with van der Waals surface area (Å²) in [5.74, 6) is 0.397. The Labute approximate surface area is 155 Å². The van der Waals surface area contributed by atoms with Gasteiger partial charge in [0.05, 0.1) is 23.7 Å². The molecule has 0 bridgehead atoms. The molecule has 0 fully saturated rings. The van der Waals surface area contributed by atoms with Gasteiger partial charge in [-0.05, 0) is 29.0 Å². The molecule has 136 valence electrons. The number of aromatic nitrogens is 2. The zero-order valence-corrected chi connectivity index (χ0v) is 14.8. The van der Waals surface area contributed by atoms with Crippen LogP contribution in [-0.2, 0) is 4.74 Å². The minimum atomic E-state index is -0.0921. The van der Waals surface area contributed by atoms with Crippen LogP contribution in [0.15, 0.2) is 58.5 Å². The maximum Gasteiger partial charge on any atom is 0.238 e. The molecule has 0 spiro atoms. The molecule has 2 heterocycles. The summed E-state index contributed by atoms with van der Waals surface area (Å²) in [6, 6.07) is 15.6. The third-order valence-electron chi connectivity index (χ3n) is 4.26. The number of hydrogen-bond acceptors (Lipinski definition) is 6. The molecule has 0 aliphatic carbocycles. The molecule has 3 aromatic rings. The zero-order valence-electron chi connectivity index (χ0n) is 14.8. The first-order valence-corrected chi connectivity index (χ1v) is 8.54. The van der Waals surface area contributed by atoms with Gasteiger partial charge in [0.1, 0.15) is 12.0 Å². The zero-order chi connectivity index (χ0) is 18.6. The number of anilines is 1. The summed E-state index contributed by atoms with van der Waals surface area (Å²) in [7, 11) is 1.65. The first-order valence-electron chi connectivity index (χ1n) is 8.54. The number of aromatic hydroxyl groups is 1. The van der Waals surface area contributed by atoms with Gasteiger partial charge in [0, 0.05) is 7.11 Å². The number of hydrogen-bond donors (Lipinski definition) is 3. The monoisotopic (exact) mass is 361 g/mol. The topological polar surface area (TPSA) is 94.9 Å². The summed E-state index contributed by atoms with van der Waals surface area (Å²) in [5.41, 5.74) is 2.40. The Morgan fingerprint density at radius 2 is 2.07 bits per heavy atom. The van der Waals surface area contributed by atoms with E-state index >= 15 is 0 Å². The number of nitrogens with one attached hydrogen (secondary N) is 2. The largest absolute Gasteiger partial charge is 0.492 e. The first kappa shape index (κ1) is 17.0. The van der Waals surface area contributed by atoms with Crippen LogP contribution in [0.5, 0.6) is 5.88 Å². The maximum absolute atomic E-state index is 10.2. The number of rotatable bonds is 6. The average molecular weight is 361 g/mol. The van der Waals surface area contributed by atoms with Gasteiger partial charge in [0.25, 0.3) is 0 Å². The van der Waals surface area contributed by atoms with Crippen molar-refractivity contribution in [3.05, 3.63) is 70.4 Å². The lowest BCUT2D eigenvalue weighted by molar-refractivity contribution is 0.186. The van der Waals surface area contributed by atoms with E-state index in [1.54, 1.807) is 7.11 Å². The van der Waals surface area contributed by atoms with Gasteiger partial charge in [-0.3, -0.25) is 0 Å². The van der Waals surface area contributed by atoms with Gasteiger partial charge in [-0.25, -0.2) is 9.98 Å². The van der Waals surface area contributed by atoms with Crippen LogP contribution in [0.1, 0.15) is 17.3 Å². The van der Waals surface area contributed by atoms with Crippen LogP contribution in [0, 0.1) is 0 Å². The molecule has 1 aromatic heterocycles. The molecule has 0 saturated heterocycles. The van der Waals surface area contributed by atoms with Crippen molar-refractivity contribution >= 4 is 24.1 Å². The number of fused-ring (bicyclic) bond motifs is 1. The summed E-state index contributed by atoms with van der Waals surface area (Å²) in [6.45, 7) is 0.469. The highest BCUT2D eigenvalue weighted by atomic mass is 16.5. The van der Waals surface area contributed by atoms with Crippen LogP contribution in [0.25, 0.3) is 6.08 Å². The Morgan fingerprint density at radius 3 is 2.89 bits per heavy atom. The Balaban J connectivity index is 1.60. The molecule has 1 aliphatic rings. The van der Waals surface area contributed by atoms with Crippen molar-refractivity contribution in [1.29, 1.82) is 0 Å². The summed E-state index contributed by atoms with van der Waals surface area (Å²) in [6.07, 6.45) is 3.35. The molecule has 1 atom stereocenters. The Morgan fingerprint density at radius 1 is 1.22 bits per heavy atom. The molecule has 7 nitrogen and oxygen atoms in total. The predicted molar refractivity (Wildman–Crippen MR) is 104 cm³/mol. The summed E-state index contributed by atoms with van der Waals surface area (Å²) < 4.78 is 5.31. The van der Waals surface area contributed by atoms with Gasteiger partial charge >= 0.3 is 0 Å². The van der Waals surface area contributed by atoms with Crippen molar-refractivity contribution in [2.45, 2.75) is 6.04 Å². The smallest absolute Gasteiger partial charge is 0.238 e. The molecule has 4 rings (SSSR count). The van der Waals surface area contributed by atoms with E-state index in [9.17, 15) is 5.11 Å². The van der Waals surface area contributed by atoms with Crippen molar-refractivity contribution in [1.82, 2.24) is 9.97 Å². The number of nitrogens with zero attached hydrogens (tertiary/aromatic N) is 3. The van der Waals surface area contributed by atoms with Gasteiger partial charge in [-0.15, -0.1) is 0 Å². The van der Waals surface area contributed by atoms with Crippen LogP contribution in [0.3, 0.4) is 0 Å². The molecule has 1 aliphatic heterocycles. The van der Waals surface area contributed by atoms with Crippen molar-refractivity contribution in [3.63, 3.8) is 0 Å². The Kier molecular flexibility index (Phi) is 4.67. The summed E-state index contributed by atoms with van der Waals surface area (Å²) in [4.78, 5) is 15.6. The highest BCUT2D eigenvalue weighted by Gasteiger charge is 2.14. The van der Waals surface area contributed by atoms with Crippen molar-refractivity contribution in [2.75, 3.05) is 19.0 Å². The third kappa shape index (κ3) is 3.73. The number of aliphatic imine (C=N–C) groups is 1. The lowest BCUT2D eigenvalue weighted by Crippen LogP contribution is -2.17. The molecule has 0 saturated carbocycles. The molecule has 27 heavy (non-hydrogen) atoms. The number of H-pyrrole nitrogens is 1. The van der Waals surface area contributed by atoms with Gasteiger partial charge in [-0.2, -0.15) is 4.98 Å². The SMILES string of the molecule is COC[C@H](Nc1nc(O)c(C=c2ccc3c(c2)N=CN=3)[nH]1)c1ccccc1. The molecular formula is C20H19N5O2. The van der Waals surface area contributed by atoms with E-state index in [-0.39, 0.29) is 11.9 Å². The third-order valence-corrected chi connectivity index (χ3v) is 4.26. The highest BCUT2D eigenvalue weighted by Crippen LogP contribution is 2.22. The highest BCUT2D eigenvalue weighted by molar-refractivity contribution is 5.67.